The molecule has 2 rings (SSSR count). The van der Waals surface area contributed by atoms with Crippen molar-refractivity contribution in [2.45, 2.75) is 33.3 Å². The summed E-state index contributed by atoms with van der Waals surface area (Å²) < 4.78 is 21.3. The smallest absolute Gasteiger partial charge is 0.338 e. The minimum Gasteiger partial charge on any atom is -0.493 e. The standard InChI is InChI=1S/C22H24N4O6/c1-15-18(16(2)32-25-15)13-30-19-7-6-17(12-20(19)29-3)22(28)31-14-21(27)26(10-4-8-23)11-5-9-24/h6-7,12H,4-5,10-11,13-14H2,1-3H3. The monoisotopic (exact) mass is 440 g/mol. The third-order valence-electron chi connectivity index (χ3n) is 4.62. The van der Waals surface area contributed by atoms with Crippen LogP contribution in [0.15, 0.2) is 22.7 Å². The quantitative estimate of drug-likeness (QED) is 0.482. The summed E-state index contributed by atoms with van der Waals surface area (Å²) in [4.78, 5) is 26.0. The summed E-state index contributed by atoms with van der Waals surface area (Å²) in [6.07, 6.45) is 0.245. The largest absolute Gasteiger partial charge is 0.493 e. The van der Waals surface area contributed by atoms with Crippen LogP contribution in [0.5, 0.6) is 11.5 Å². The van der Waals surface area contributed by atoms with Crippen molar-refractivity contribution in [3.63, 3.8) is 0 Å². The highest BCUT2D eigenvalue weighted by molar-refractivity contribution is 5.92. The molecule has 1 amide bonds. The number of benzene rings is 1. The van der Waals surface area contributed by atoms with Gasteiger partial charge in [0.25, 0.3) is 5.91 Å². The summed E-state index contributed by atoms with van der Waals surface area (Å²) in [7, 11) is 1.44. The van der Waals surface area contributed by atoms with E-state index in [0.29, 0.717) is 17.3 Å². The van der Waals surface area contributed by atoms with Crippen molar-refractivity contribution in [2.75, 3.05) is 26.8 Å². The molecule has 2 aromatic rings. The predicted octanol–water partition coefficient (Wildman–Crippen LogP) is 2.69. The van der Waals surface area contributed by atoms with E-state index in [4.69, 9.17) is 29.3 Å². The predicted molar refractivity (Wildman–Crippen MR) is 111 cm³/mol. The number of methoxy groups -OCH3 is 1. The Labute approximate surface area is 185 Å². The Morgan fingerprint density at radius 3 is 2.38 bits per heavy atom. The summed E-state index contributed by atoms with van der Waals surface area (Å²) in [6, 6.07) is 8.42. The fourth-order valence-electron chi connectivity index (χ4n) is 2.80. The minimum absolute atomic E-state index is 0.123. The number of esters is 1. The van der Waals surface area contributed by atoms with Crippen LogP contribution in [0.25, 0.3) is 0 Å². The van der Waals surface area contributed by atoms with Gasteiger partial charge in [0.2, 0.25) is 0 Å². The fourth-order valence-corrected chi connectivity index (χ4v) is 2.80. The van der Waals surface area contributed by atoms with Crippen LogP contribution >= 0.6 is 0 Å². The van der Waals surface area contributed by atoms with E-state index in [1.807, 2.05) is 19.1 Å². The first-order chi connectivity index (χ1) is 15.4. The summed E-state index contributed by atoms with van der Waals surface area (Å²) in [6.45, 7) is 3.66. The zero-order chi connectivity index (χ0) is 23.5. The van der Waals surface area contributed by atoms with Crippen LogP contribution in [-0.4, -0.2) is 48.7 Å². The molecule has 0 radical (unpaired) electrons. The molecule has 32 heavy (non-hydrogen) atoms. The van der Waals surface area contributed by atoms with Crippen molar-refractivity contribution < 1.29 is 28.3 Å². The zero-order valence-electron chi connectivity index (χ0n) is 18.2. The lowest BCUT2D eigenvalue weighted by Gasteiger charge is -2.20. The molecule has 1 aromatic heterocycles. The lowest BCUT2D eigenvalue weighted by molar-refractivity contribution is -0.134. The molecular formula is C22H24N4O6. The van der Waals surface area contributed by atoms with Crippen molar-refractivity contribution >= 4 is 11.9 Å². The second kappa shape index (κ2) is 12.0. The van der Waals surface area contributed by atoms with Crippen LogP contribution in [-0.2, 0) is 16.1 Å². The summed E-state index contributed by atoms with van der Waals surface area (Å²) >= 11 is 0. The SMILES string of the molecule is COc1cc(C(=O)OCC(=O)N(CCC#N)CCC#N)ccc1OCc1c(C)noc1C. The molecule has 0 bridgehead atoms. The third kappa shape index (κ3) is 6.47. The molecule has 168 valence electrons. The molecule has 1 aromatic carbocycles. The van der Waals surface area contributed by atoms with Crippen LogP contribution in [0.1, 0.15) is 40.2 Å². The number of carbonyl (C=O) groups is 2. The lowest BCUT2D eigenvalue weighted by atomic mass is 10.2. The number of aryl methyl sites for hydroxylation is 2. The van der Waals surface area contributed by atoms with Gasteiger partial charge in [0.15, 0.2) is 18.1 Å². The average Bonchev–Trinajstić information content (AvgIpc) is 3.12. The number of rotatable bonds is 11. The molecule has 0 spiro atoms. The molecular weight excluding hydrogens is 416 g/mol. The average molecular weight is 440 g/mol. The van der Waals surface area contributed by atoms with Crippen LogP contribution in [0.4, 0.5) is 0 Å². The van der Waals surface area contributed by atoms with E-state index in [2.05, 4.69) is 5.16 Å². The molecule has 0 aliphatic heterocycles. The number of nitrogens with zero attached hydrogens (tertiary/aromatic N) is 4. The topological polar surface area (TPSA) is 139 Å². The Morgan fingerprint density at radius 1 is 1.12 bits per heavy atom. The van der Waals surface area contributed by atoms with Gasteiger partial charge in [-0.1, -0.05) is 5.16 Å². The van der Waals surface area contributed by atoms with Gasteiger partial charge in [-0.15, -0.1) is 0 Å². The molecule has 0 N–H and O–H groups in total. The van der Waals surface area contributed by atoms with E-state index in [1.165, 1.54) is 24.1 Å². The van der Waals surface area contributed by atoms with Gasteiger partial charge in [0.1, 0.15) is 12.4 Å². The van der Waals surface area contributed by atoms with Crippen LogP contribution < -0.4 is 9.47 Å². The molecule has 1 heterocycles. The lowest BCUT2D eigenvalue weighted by Crippen LogP contribution is -2.36. The minimum atomic E-state index is -0.713. The fraction of sp³-hybridized carbons (Fsp3) is 0.409. The Bertz CT molecular complexity index is 997. The van der Waals surface area contributed by atoms with Gasteiger partial charge in [-0.3, -0.25) is 4.79 Å². The summed E-state index contributed by atoms with van der Waals surface area (Å²) in [5.74, 6) is 0.205. The van der Waals surface area contributed by atoms with Crippen LogP contribution in [0, 0.1) is 36.5 Å². The first-order valence-electron chi connectivity index (χ1n) is 9.82. The van der Waals surface area contributed by atoms with Crippen LogP contribution in [0.2, 0.25) is 0 Å². The molecule has 0 atom stereocenters. The van der Waals surface area contributed by atoms with Gasteiger partial charge in [0.05, 0.1) is 48.9 Å². The van der Waals surface area contributed by atoms with E-state index in [9.17, 15) is 9.59 Å². The van der Waals surface area contributed by atoms with Crippen LogP contribution in [0.3, 0.4) is 0 Å². The second-order valence-electron chi connectivity index (χ2n) is 6.73. The zero-order valence-corrected chi connectivity index (χ0v) is 18.2. The summed E-state index contributed by atoms with van der Waals surface area (Å²) in [5.41, 5.74) is 1.73. The number of aromatic nitrogens is 1. The molecule has 0 saturated heterocycles. The van der Waals surface area contributed by atoms with E-state index >= 15 is 0 Å². The maximum absolute atomic E-state index is 12.4. The number of ether oxygens (including phenoxy) is 3. The molecule has 0 fully saturated rings. The van der Waals surface area contributed by atoms with Gasteiger partial charge < -0.3 is 23.6 Å². The highest BCUT2D eigenvalue weighted by atomic mass is 16.5. The Kier molecular flexibility index (Phi) is 9.05. The Hall–Kier alpha value is -4.05. The normalized spacial score (nSPS) is 10.0. The molecule has 10 nitrogen and oxygen atoms in total. The Balaban J connectivity index is 2.00. The Morgan fingerprint density at radius 2 is 1.81 bits per heavy atom. The third-order valence-corrected chi connectivity index (χ3v) is 4.62. The van der Waals surface area contributed by atoms with Crippen molar-refractivity contribution in [3.8, 4) is 23.6 Å². The number of hydrogen-bond donors (Lipinski definition) is 0. The van der Waals surface area contributed by atoms with Gasteiger partial charge in [0, 0.05) is 13.1 Å². The molecule has 0 aliphatic rings. The second-order valence-corrected chi connectivity index (χ2v) is 6.73. The van der Waals surface area contributed by atoms with Gasteiger partial charge >= 0.3 is 5.97 Å². The van der Waals surface area contributed by atoms with Crippen molar-refractivity contribution in [3.05, 3.63) is 40.8 Å². The van der Waals surface area contributed by atoms with Crippen molar-refractivity contribution in [2.24, 2.45) is 0 Å². The molecule has 0 unspecified atom stereocenters. The van der Waals surface area contributed by atoms with Gasteiger partial charge in [-0.25, -0.2) is 4.79 Å². The first-order valence-corrected chi connectivity index (χ1v) is 9.82. The maximum Gasteiger partial charge on any atom is 0.338 e. The molecule has 0 saturated carbocycles. The van der Waals surface area contributed by atoms with Crippen molar-refractivity contribution in [1.82, 2.24) is 10.1 Å². The number of nitriles is 2. The maximum atomic E-state index is 12.4. The highest BCUT2D eigenvalue weighted by Gasteiger charge is 2.18. The first kappa shape index (κ1) is 24.2. The summed E-state index contributed by atoms with van der Waals surface area (Å²) in [5, 5.41) is 21.3. The van der Waals surface area contributed by atoms with E-state index in [1.54, 1.807) is 13.0 Å². The number of amides is 1. The molecule has 10 heteroatoms. The van der Waals surface area contributed by atoms with Crippen molar-refractivity contribution in [1.29, 1.82) is 10.5 Å². The highest BCUT2D eigenvalue weighted by Crippen LogP contribution is 2.29. The van der Waals surface area contributed by atoms with E-state index in [-0.39, 0.29) is 38.1 Å². The number of carbonyl (C=O) groups excluding carboxylic acids is 2. The van der Waals surface area contributed by atoms with Gasteiger partial charge in [-0.2, -0.15) is 10.5 Å². The van der Waals surface area contributed by atoms with Gasteiger partial charge in [-0.05, 0) is 32.0 Å². The van der Waals surface area contributed by atoms with E-state index in [0.717, 1.165) is 11.3 Å². The van der Waals surface area contributed by atoms with E-state index < -0.39 is 18.5 Å². The number of hydrogen-bond acceptors (Lipinski definition) is 9. The molecule has 0 aliphatic carbocycles.